The van der Waals surface area contributed by atoms with E-state index in [-0.39, 0.29) is 16.7 Å². The Balaban J connectivity index is 2.96. The molecule has 0 unspecified atom stereocenters. The van der Waals surface area contributed by atoms with Gasteiger partial charge in [0.1, 0.15) is 0 Å². The van der Waals surface area contributed by atoms with E-state index in [2.05, 4.69) is 39.1 Å². The lowest BCUT2D eigenvalue weighted by Crippen LogP contribution is -2.27. The monoisotopic (exact) mass is 247 g/mol. The molecule has 0 saturated heterocycles. The molecule has 1 amide bonds. The number of carbonyl (C=O) groups excluding carboxylic acids is 1. The summed E-state index contributed by atoms with van der Waals surface area (Å²) in [5.41, 5.74) is 3.18. The third-order valence-corrected chi connectivity index (χ3v) is 2.97. The standard InChI is InChI=1S/C16H25NO/c1-11-10-12(17-14(18)16(5,6)7)8-9-13(11)15(2,3)4/h8-10H,1-7H3,(H,17,18). The van der Waals surface area contributed by atoms with Gasteiger partial charge in [0.05, 0.1) is 0 Å². The van der Waals surface area contributed by atoms with Gasteiger partial charge in [-0.3, -0.25) is 4.79 Å². The number of aryl methyl sites for hydroxylation is 1. The molecule has 0 aliphatic heterocycles. The fourth-order valence-electron chi connectivity index (χ4n) is 1.90. The summed E-state index contributed by atoms with van der Waals surface area (Å²) >= 11 is 0. The molecule has 2 nitrogen and oxygen atoms in total. The van der Waals surface area contributed by atoms with Crippen LogP contribution in [0.5, 0.6) is 0 Å². The minimum atomic E-state index is -0.364. The first-order valence-corrected chi connectivity index (χ1v) is 6.44. The topological polar surface area (TPSA) is 29.1 Å². The van der Waals surface area contributed by atoms with Gasteiger partial charge in [-0.15, -0.1) is 0 Å². The van der Waals surface area contributed by atoms with Crippen molar-refractivity contribution in [3.63, 3.8) is 0 Å². The van der Waals surface area contributed by atoms with Crippen molar-refractivity contribution in [3.8, 4) is 0 Å². The lowest BCUT2D eigenvalue weighted by molar-refractivity contribution is -0.123. The zero-order valence-electron chi connectivity index (χ0n) is 12.6. The summed E-state index contributed by atoms with van der Waals surface area (Å²) in [7, 11) is 0. The molecule has 1 rings (SSSR count). The van der Waals surface area contributed by atoms with E-state index in [1.54, 1.807) is 0 Å². The van der Waals surface area contributed by atoms with Gasteiger partial charge in [-0.05, 0) is 35.6 Å². The Morgan fingerprint density at radius 1 is 1.06 bits per heavy atom. The van der Waals surface area contributed by atoms with Gasteiger partial charge in [-0.2, -0.15) is 0 Å². The van der Waals surface area contributed by atoms with Crippen molar-refractivity contribution < 1.29 is 4.79 Å². The number of anilines is 1. The van der Waals surface area contributed by atoms with E-state index in [1.807, 2.05) is 32.9 Å². The Hall–Kier alpha value is -1.31. The molecular weight excluding hydrogens is 222 g/mol. The van der Waals surface area contributed by atoms with Crippen molar-refractivity contribution >= 4 is 11.6 Å². The van der Waals surface area contributed by atoms with Crippen LogP contribution in [0.4, 0.5) is 5.69 Å². The van der Waals surface area contributed by atoms with Gasteiger partial charge in [0.25, 0.3) is 0 Å². The van der Waals surface area contributed by atoms with Crippen LogP contribution in [0.25, 0.3) is 0 Å². The normalized spacial score (nSPS) is 12.4. The summed E-state index contributed by atoms with van der Waals surface area (Å²) in [5.74, 6) is 0.0467. The van der Waals surface area contributed by atoms with Gasteiger partial charge < -0.3 is 5.32 Å². The summed E-state index contributed by atoms with van der Waals surface area (Å²) in [6, 6.07) is 6.13. The van der Waals surface area contributed by atoms with Gasteiger partial charge in [-0.25, -0.2) is 0 Å². The molecule has 0 fully saturated rings. The minimum absolute atomic E-state index is 0.0467. The van der Waals surface area contributed by atoms with Crippen LogP contribution in [-0.4, -0.2) is 5.91 Å². The van der Waals surface area contributed by atoms with E-state index >= 15 is 0 Å². The minimum Gasteiger partial charge on any atom is -0.326 e. The van der Waals surface area contributed by atoms with Crippen LogP contribution in [0, 0.1) is 12.3 Å². The van der Waals surface area contributed by atoms with Crippen molar-refractivity contribution in [2.75, 3.05) is 5.32 Å². The van der Waals surface area contributed by atoms with Crippen LogP contribution >= 0.6 is 0 Å². The first-order chi connectivity index (χ1) is 8.01. The molecule has 0 aromatic heterocycles. The maximum Gasteiger partial charge on any atom is 0.229 e. The van der Waals surface area contributed by atoms with E-state index < -0.39 is 0 Å². The summed E-state index contributed by atoms with van der Waals surface area (Å²) in [5, 5.41) is 2.96. The molecule has 0 radical (unpaired) electrons. The molecule has 0 spiro atoms. The summed E-state index contributed by atoms with van der Waals surface area (Å²) in [6.07, 6.45) is 0. The van der Waals surface area contributed by atoms with E-state index in [1.165, 1.54) is 11.1 Å². The predicted octanol–water partition coefficient (Wildman–Crippen LogP) is 4.28. The Bertz CT molecular complexity index is 447. The second-order valence-electron chi connectivity index (χ2n) is 6.98. The molecule has 0 aliphatic carbocycles. The van der Waals surface area contributed by atoms with Gasteiger partial charge in [-0.1, -0.05) is 47.6 Å². The molecule has 0 saturated carbocycles. The summed E-state index contributed by atoms with van der Waals surface area (Å²) < 4.78 is 0. The zero-order chi connectivity index (χ0) is 14.1. The average Bonchev–Trinajstić information content (AvgIpc) is 2.13. The Labute approximate surface area is 111 Å². The second-order valence-corrected chi connectivity index (χ2v) is 6.98. The number of nitrogens with one attached hydrogen (secondary N) is 1. The molecule has 1 aromatic carbocycles. The summed E-state index contributed by atoms with van der Waals surface area (Å²) in [4.78, 5) is 11.9. The number of amides is 1. The fraction of sp³-hybridized carbons (Fsp3) is 0.562. The van der Waals surface area contributed by atoms with Crippen molar-refractivity contribution in [2.24, 2.45) is 5.41 Å². The van der Waals surface area contributed by atoms with E-state index in [0.717, 1.165) is 5.69 Å². The Morgan fingerprint density at radius 3 is 2.00 bits per heavy atom. The van der Waals surface area contributed by atoms with Gasteiger partial charge in [0, 0.05) is 11.1 Å². The highest BCUT2D eigenvalue weighted by molar-refractivity contribution is 5.94. The second kappa shape index (κ2) is 4.75. The van der Waals surface area contributed by atoms with Gasteiger partial charge in [0.15, 0.2) is 0 Å². The van der Waals surface area contributed by atoms with Gasteiger partial charge in [0.2, 0.25) is 5.91 Å². The van der Waals surface area contributed by atoms with E-state index in [9.17, 15) is 4.79 Å². The molecule has 1 N–H and O–H groups in total. The third kappa shape index (κ3) is 3.59. The Morgan fingerprint density at radius 2 is 1.61 bits per heavy atom. The van der Waals surface area contributed by atoms with Crippen molar-refractivity contribution in [1.82, 2.24) is 0 Å². The SMILES string of the molecule is Cc1cc(NC(=O)C(C)(C)C)ccc1C(C)(C)C. The average molecular weight is 247 g/mol. The van der Waals surface area contributed by atoms with Crippen LogP contribution < -0.4 is 5.32 Å². The smallest absolute Gasteiger partial charge is 0.229 e. The van der Waals surface area contributed by atoms with Crippen LogP contribution in [0.2, 0.25) is 0 Å². The fourth-order valence-corrected chi connectivity index (χ4v) is 1.90. The highest BCUT2D eigenvalue weighted by Crippen LogP contribution is 2.28. The molecule has 0 aliphatic rings. The number of benzene rings is 1. The number of rotatable bonds is 1. The molecule has 18 heavy (non-hydrogen) atoms. The van der Waals surface area contributed by atoms with E-state index in [4.69, 9.17) is 0 Å². The van der Waals surface area contributed by atoms with Crippen molar-refractivity contribution in [3.05, 3.63) is 29.3 Å². The maximum absolute atomic E-state index is 11.9. The third-order valence-electron chi connectivity index (χ3n) is 2.97. The quantitative estimate of drug-likeness (QED) is 0.788. The highest BCUT2D eigenvalue weighted by atomic mass is 16.2. The highest BCUT2D eigenvalue weighted by Gasteiger charge is 2.22. The molecule has 100 valence electrons. The molecular formula is C16H25NO. The molecule has 0 atom stereocenters. The molecule has 2 heteroatoms. The van der Waals surface area contributed by atoms with Crippen LogP contribution in [-0.2, 0) is 10.2 Å². The maximum atomic E-state index is 11.9. The van der Waals surface area contributed by atoms with Crippen LogP contribution in [0.3, 0.4) is 0 Å². The molecule has 1 aromatic rings. The molecule has 0 heterocycles. The summed E-state index contributed by atoms with van der Waals surface area (Å²) in [6.45, 7) is 14.4. The number of hydrogen-bond acceptors (Lipinski definition) is 1. The zero-order valence-corrected chi connectivity index (χ0v) is 12.6. The lowest BCUT2D eigenvalue weighted by atomic mass is 9.84. The first-order valence-electron chi connectivity index (χ1n) is 6.44. The number of carbonyl (C=O) groups is 1. The van der Waals surface area contributed by atoms with Crippen LogP contribution in [0.1, 0.15) is 52.7 Å². The lowest BCUT2D eigenvalue weighted by Gasteiger charge is -2.23. The largest absolute Gasteiger partial charge is 0.326 e. The van der Waals surface area contributed by atoms with Crippen molar-refractivity contribution in [1.29, 1.82) is 0 Å². The number of hydrogen-bond donors (Lipinski definition) is 1. The molecule has 0 bridgehead atoms. The van der Waals surface area contributed by atoms with Crippen LogP contribution in [0.15, 0.2) is 18.2 Å². The van der Waals surface area contributed by atoms with Gasteiger partial charge >= 0.3 is 0 Å². The van der Waals surface area contributed by atoms with E-state index in [0.29, 0.717) is 0 Å². The predicted molar refractivity (Wildman–Crippen MR) is 78.0 cm³/mol. The van der Waals surface area contributed by atoms with Crippen molar-refractivity contribution in [2.45, 2.75) is 53.9 Å². The first kappa shape index (κ1) is 14.7. The Kier molecular flexibility index (Phi) is 3.89.